The summed E-state index contributed by atoms with van der Waals surface area (Å²) in [6, 6.07) is 10.9. The highest BCUT2D eigenvalue weighted by atomic mass is 16.2. The van der Waals surface area contributed by atoms with Crippen LogP contribution in [-0.2, 0) is 11.2 Å². The Hall–Kier alpha value is -1.35. The van der Waals surface area contributed by atoms with Gasteiger partial charge in [0.15, 0.2) is 0 Å². The van der Waals surface area contributed by atoms with Crippen LogP contribution in [0.15, 0.2) is 30.3 Å². The number of likely N-dealkylation sites (N-methyl/N-ethyl adjacent to an activating group) is 1. The van der Waals surface area contributed by atoms with Crippen LogP contribution in [-0.4, -0.2) is 47.9 Å². The highest BCUT2D eigenvalue weighted by Crippen LogP contribution is 2.25. The molecular formula is C20H32N2O. The molecule has 0 aliphatic carbocycles. The largest absolute Gasteiger partial charge is 0.341 e. The van der Waals surface area contributed by atoms with E-state index in [1.54, 1.807) is 0 Å². The number of benzene rings is 1. The molecule has 3 nitrogen and oxygen atoms in total. The van der Waals surface area contributed by atoms with E-state index in [-0.39, 0.29) is 6.04 Å². The van der Waals surface area contributed by atoms with E-state index in [9.17, 15) is 4.79 Å². The molecule has 0 bridgehead atoms. The Morgan fingerprint density at radius 1 is 1.04 bits per heavy atom. The second-order valence-corrected chi connectivity index (χ2v) is 6.39. The van der Waals surface area contributed by atoms with E-state index in [1.807, 2.05) is 13.8 Å². The van der Waals surface area contributed by atoms with Crippen molar-refractivity contribution in [1.29, 1.82) is 0 Å². The van der Waals surface area contributed by atoms with Gasteiger partial charge in [-0.05, 0) is 43.7 Å². The summed E-state index contributed by atoms with van der Waals surface area (Å²) >= 11 is 0. The van der Waals surface area contributed by atoms with E-state index in [0.717, 1.165) is 57.8 Å². The maximum atomic E-state index is 12.5. The Kier molecular flexibility index (Phi) is 7.10. The Bertz CT molecular complexity index is 464. The van der Waals surface area contributed by atoms with Gasteiger partial charge in [-0.15, -0.1) is 0 Å². The summed E-state index contributed by atoms with van der Waals surface area (Å²) in [6.07, 6.45) is 4.52. The Labute approximate surface area is 141 Å². The molecule has 0 unspecified atom stereocenters. The van der Waals surface area contributed by atoms with Crippen molar-refractivity contribution in [3.05, 3.63) is 35.9 Å². The molecule has 2 saturated heterocycles. The number of hydrogen-bond acceptors (Lipinski definition) is 2. The average Bonchev–Trinajstić information content (AvgIpc) is 2.58. The van der Waals surface area contributed by atoms with E-state index < -0.39 is 0 Å². The molecule has 2 aliphatic heterocycles. The SMILES string of the molecule is CC.CCN1CC[C@H]1C(=O)N1CCC(Cc2ccccc2)CC1. The molecule has 128 valence electrons. The van der Waals surface area contributed by atoms with Gasteiger partial charge in [0.1, 0.15) is 0 Å². The first kappa shape index (κ1) is 18.0. The van der Waals surface area contributed by atoms with Gasteiger partial charge in [0.2, 0.25) is 5.91 Å². The van der Waals surface area contributed by atoms with Gasteiger partial charge in [0.25, 0.3) is 0 Å². The lowest BCUT2D eigenvalue weighted by atomic mass is 9.89. The molecule has 1 aromatic carbocycles. The zero-order chi connectivity index (χ0) is 16.7. The number of piperidine rings is 1. The van der Waals surface area contributed by atoms with E-state index in [2.05, 4.69) is 47.1 Å². The number of nitrogens with zero attached hydrogens (tertiary/aromatic N) is 2. The first-order chi connectivity index (χ1) is 11.3. The minimum atomic E-state index is 0.181. The number of carbonyl (C=O) groups is 1. The lowest BCUT2D eigenvalue weighted by Crippen LogP contribution is -2.57. The summed E-state index contributed by atoms with van der Waals surface area (Å²) in [4.78, 5) is 16.9. The molecule has 1 atom stereocenters. The molecule has 0 radical (unpaired) electrons. The predicted molar refractivity (Wildman–Crippen MR) is 96.5 cm³/mol. The molecule has 2 fully saturated rings. The van der Waals surface area contributed by atoms with Crippen molar-refractivity contribution < 1.29 is 4.79 Å². The molecule has 0 N–H and O–H groups in total. The highest BCUT2D eigenvalue weighted by molar-refractivity contribution is 5.82. The smallest absolute Gasteiger partial charge is 0.239 e. The quantitative estimate of drug-likeness (QED) is 0.847. The fourth-order valence-electron chi connectivity index (χ4n) is 3.61. The topological polar surface area (TPSA) is 23.6 Å². The van der Waals surface area contributed by atoms with Crippen LogP contribution in [0.2, 0.25) is 0 Å². The van der Waals surface area contributed by atoms with Crippen molar-refractivity contribution >= 4 is 5.91 Å². The maximum absolute atomic E-state index is 12.5. The summed E-state index contributed by atoms with van der Waals surface area (Å²) in [5, 5.41) is 0. The molecule has 0 spiro atoms. The zero-order valence-electron chi connectivity index (χ0n) is 15.0. The maximum Gasteiger partial charge on any atom is 0.239 e. The highest BCUT2D eigenvalue weighted by Gasteiger charge is 2.36. The van der Waals surface area contributed by atoms with Crippen molar-refractivity contribution in [3.8, 4) is 0 Å². The molecule has 1 aromatic rings. The molecule has 2 aliphatic rings. The molecule has 0 saturated carbocycles. The van der Waals surface area contributed by atoms with Crippen LogP contribution >= 0.6 is 0 Å². The van der Waals surface area contributed by atoms with Crippen molar-refractivity contribution in [2.24, 2.45) is 5.92 Å². The third-order valence-corrected chi connectivity index (χ3v) is 5.12. The van der Waals surface area contributed by atoms with E-state index in [4.69, 9.17) is 0 Å². The number of amides is 1. The first-order valence-electron chi connectivity index (χ1n) is 9.34. The van der Waals surface area contributed by atoms with Crippen LogP contribution in [0, 0.1) is 5.92 Å². The summed E-state index contributed by atoms with van der Waals surface area (Å²) < 4.78 is 0. The van der Waals surface area contributed by atoms with Crippen LogP contribution in [0.5, 0.6) is 0 Å². The van der Waals surface area contributed by atoms with E-state index in [0.29, 0.717) is 5.91 Å². The third kappa shape index (κ3) is 4.57. The van der Waals surface area contributed by atoms with Crippen molar-refractivity contribution in [1.82, 2.24) is 9.80 Å². The molecule has 3 heteroatoms. The third-order valence-electron chi connectivity index (χ3n) is 5.12. The van der Waals surface area contributed by atoms with Gasteiger partial charge in [-0.3, -0.25) is 9.69 Å². The standard InChI is InChI=1S/C18H26N2O.C2H6/c1-2-19-13-10-17(19)18(21)20-11-8-16(9-12-20)14-15-6-4-3-5-7-15;1-2/h3-7,16-17H,2,8-14H2,1H3;1-2H3/t17-;/m0./s1. The number of rotatable bonds is 4. The number of carbonyl (C=O) groups excluding carboxylic acids is 1. The second-order valence-electron chi connectivity index (χ2n) is 6.39. The van der Waals surface area contributed by atoms with Gasteiger partial charge in [-0.25, -0.2) is 0 Å². The van der Waals surface area contributed by atoms with Crippen LogP contribution in [0.4, 0.5) is 0 Å². The first-order valence-corrected chi connectivity index (χ1v) is 9.34. The fraction of sp³-hybridized carbons (Fsp3) is 0.650. The van der Waals surface area contributed by atoms with E-state index >= 15 is 0 Å². The van der Waals surface area contributed by atoms with Gasteiger partial charge in [-0.1, -0.05) is 51.1 Å². The van der Waals surface area contributed by atoms with Crippen LogP contribution in [0.3, 0.4) is 0 Å². The molecule has 3 rings (SSSR count). The summed E-state index contributed by atoms with van der Waals surface area (Å²) in [5.74, 6) is 1.11. The molecule has 0 aromatic heterocycles. The Balaban J connectivity index is 0.000000924. The molecule has 2 heterocycles. The van der Waals surface area contributed by atoms with Crippen LogP contribution in [0.1, 0.15) is 45.6 Å². The van der Waals surface area contributed by atoms with Gasteiger partial charge >= 0.3 is 0 Å². The fourth-order valence-corrected chi connectivity index (χ4v) is 3.61. The lowest BCUT2D eigenvalue weighted by molar-refractivity contribution is -0.142. The number of likely N-dealkylation sites (tertiary alicyclic amines) is 2. The molecule has 23 heavy (non-hydrogen) atoms. The van der Waals surface area contributed by atoms with Crippen LogP contribution in [0.25, 0.3) is 0 Å². The number of hydrogen-bond donors (Lipinski definition) is 0. The minimum absolute atomic E-state index is 0.181. The second kappa shape index (κ2) is 9.07. The Morgan fingerprint density at radius 2 is 1.70 bits per heavy atom. The van der Waals surface area contributed by atoms with Crippen LogP contribution < -0.4 is 0 Å². The molecule has 1 amide bonds. The normalized spacial score (nSPS) is 22.0. The van der Waals surface area contributed by atoms with Crippen molar-refractivity contribution in [2.75, 3.05) is 26.2 Å². The minimum Gasteiger partial charge on any atom is -0.341 e. The van der Waals surface area contributed by atoms with E-state index in [1.165, 1.54) is 5.56 Å². The van der Waals surface area contributed by atoms with Crippen molar-refractivity contribution in [3.63, 3.8) is 0 Å². The monoisotopic (exact) mass is 316 g/mol. The van der Waals surface area contributed by atoms with Gasteiger partial charge < -0.3 is 4.90 Å². The Morgan fingerprint density at radius 3 is 2.22 bits per heavy atom. The van der Waals surface area contributed by atoms with Gasteiger partial charge in [0, 0.05) is 19.6 Å². The average molecular weight is 316 g/mol. The summed E-state index contributed by atoms with van der Waals surface area (Å²) in [6.45, 7) is 10.1. The van der Waals surface area contributed by atoms with Gasteiger partial charge in [0.05, 0.1) is 6.04 Å². The summed E-state index contributed by atoms with van der Waals surface area (Å²) in [5.41, 5.74) is 1.43. The predicted octanol–water partition coefficient (Wildman–Crippen LogP) is 3.59. The zero-order valence-corrected chi connectivity index (χ0v) is 15.0. The van der Waals surface area contributed by atoms with Gasteiger partial charge in [-0.2, -0.15) is 0 Å². The molecular weight excluding hydrogens is 284 g/mol. The van der Waals surface area contributed by atoms with Crippen molar-refractivity contribution in [2.45, 2.75) is 52.5 Å². The lowest BCUT2D eigenvalue weighted by Gasteiger charge is -2.43. The summed E-state index contributed by atoms with van der Waals surface area (Å²) in [7, 11) is 0.